The third-order valence-electron chi connectivity index (χ3n) is 6.23. The fourth-order valence-electron chi connectivity index (χ4n) is 4.56. The van der Waals surface area contributed by atoms with Gasteiger partial charge in [0.15, 0.2) is 22.9 Å². The second-order valence-electron chi connectivity index (χ2n) is 8.20. The summed E-state index contributed by atoms with van der Waals surface area (Å²) in [5.74, 6) is -1.43. The summed E-state index contributed by atoms with van der Waals surface area (Å²) in [6, 6.07) is 15.2. The Morgan fingerprint density at radius 2 is 1.97 bits per heavy atom. The van der Waals surface area contributed by atoms with Crippen molar-refractivity contribution in [3.63, 3.8) is 0 Å². The monoisotopic (exact) mass is 470 g/mol. The minimum atomic E-state index is -2.98. The molecule has 1 aromatic heterocycles. The summed E-state index contributed by atoms with van der Waals surface area (Å²) in [4.78, 5) is 14.2. The lowest BCUT2D eigenvalue weighted by Crippen LogP contribution is -2.61. The lowest BCUT2D eigenvalue weighted by atomic mass is 9.92. The third kappa shape index (κ3) is 3.54. The summed E-state index contributed by atoms with van der Waals surface area (Å²) in [6.45, 7) is 0.288. The number of anilines is 2. The van der Waals surface area contributed by atoms with E-state index in [-0.39, 0.29) is 42.5 Å². The van der Waals surface area contributed by atoms with E-state index in [0.717, 1.165) is 5.56 Å². The molecule has 10 heteroatoms. The number of hydrogen-bond acceptors (Lipinski definition) is 6. The van der Waals surface area contributed by atoms with Crippen LogP contribution in [0.5, 0.6) is 5.75 Å². The number of ether oxygens (including phenoxy) is 2. The van der Waals surface area contributed by atoms with Crippen molar-refractivity contribution in [1.82, 2.24) is 10.2 Å². The van der Waals surface area contributed by atoms with E-state index in [1.165, 1.54) is 30.2 Å². The molecule has 0 radical (unpaired) electrons. The van der Waals surface area contributed by atoms with E-state index >= 15 is 0 Å². The van der Waals surface area contributed by atoms with Crippen molar-refractivity contribution in [1.29, 1.82) is 0 Å². The average Bonchev–Trinajstić information content (AvgIpc) is 3.25. The van der Waals surface area contributed by atoms with Gasteiger partial charge >= 0.3 is 0 Å². The number of nitrogens with one attached hydrogen (secondary N) is 1. The number of carbonyl (C=O) groups is 1. The van der Waals surface area contributed by atoms with E-state index in [1.807, 2.05) is 30.3 Å². The van der Waals surface area contributed by atoms with Gasteiger partial charge in [0, 0.05) is 18.5 Å². The summed E-state index contributed by atoms with van der Waals surface area (Å²) in [5, 5.41) is 10.6. The van der Waals surface area contributed by atoms with Gasteiger partial charge < -0.3 is 19.7 Å². The molecule has 0 saturated carbocycles. The quantitative estimate of drug-likeness (QED) is 0.586. The number of methoxy groups -OCH3 is 1. The fraction of sp³-hybridized carbons (Fsp3) is 0.292. The van der Waals surface area contributed by atoms with Gasteiger partial charge in [0.25, 0.3) is 12.3 Å². The number of amides is 1. The van der Waals surface area contributed by atoms with Gasteiger partial charge in [-0.2, -0.15) is 0 Å². The number of alkyl halides is 2. The van der Waals surface area contributed by atoms with Gasteiger partial charge in [-0.15, -0.1) is 10.2 Å². The van der Waals surface area contributed by atoms with E-state index in [0.29, 0.717) is 5.56 Å². The minimum absolute atomic E-state index is 0.0396. The van der Waals surface area contributed by atoms with Gasteiger partial charge in [-0.3, -0.25) is 4.79 Å². The maximum atomic E-state index is 14.5. The summed E-state index contributed by atoms with van der Waals surface area (Å²) in [6.07, 6.45) is -3.79. The van der Waals surface area contributed by atoms with Crippen LogP contribution in [0.15, 0.2) is 54.6 Å². The normalized spacial score (nSPS) is 21.3. The Balaban J connectivity index is 1.52. The highest BCUT2D eigenvalue weighted by molar-refractivity contribution is 6.07. The highest BCUT2D eigenvalue weighted by Crippen LogP contribution is 2.47. The van der Waals surface area contributed by atoms with E-state index in [9.17, 15) is 18.0 Å². The van der Waals surface area contributed by atoms with Crippen LogP contribution >= 0.6 is 0 Å². The Hall–Kier alpha value is -3.66. The fourth-order valence-corrected chi connectivity index (χ4v) is 4.56. The summed E-state index contributed by atoms with van der Waals surface area (Å²) < 4.78 is 54.3. The van der Waals surface area contributed by atoms with Crippen LogP contribution in [-0.2, 0) is 16.1 Å². The third-order valence-corrected chi connectivity index (χ3v) is 6.23. The first-order valence-electron chi connectivity index (χ1n) is 10.7. The molecule has 34 heavy (non-hydrogen) atoms. The maximum Gasteiger partial charge on any atom is 0.270 e. The van der Waals surface area contributed by atoms with Crippen LogP contribution in [0.2, 0.25) is 0 Å². The molecule has 2 aromatic carbocycles. The van der Waals surface area contributed by atoms with E-state index in [2.05, 4.69) is 15.5 Å². The largest absolute Gasteiger partial charge is 0.493 e. The summed E-state index contributed by atoms with van der Waals surface area (Å²) in [5.41, 5.74) is -0.408. The summed E-state index contributed by atoms with van der Waals surface area (Å²) in [7, 11) is 1.32. The van der Waals surface area contributed by atoms with Gasteiger partial charge in [-0.05, 0) is 23.8 Å². The molecule has 5 rings (SSSR count). The van der Waals surface area contributed by atoms with Crippen molar-refractivity contribution >= 4 is 17.4 Å². The van der Waals surface area contributed by atoms with Crippen LogP contribution in [0.25, 0.3) is 11.3 Å². The number of aromatic nitrogens is 2. The zero-order chi connectivity index (χ0) is 23.9. The number of benzene rings is 2. The van der Waals surface area contributed by atoms with E-state index in [4.69, 9.17) is 9.47 Å². The first-order valence-corrected chi connectivity index (χ1v) is 10.7. The lowest BCUT2D eigenvalue weighted by Gasteiger charge is -2.41. The number of rotatable bonds is 6. The Morgan fingerprint density at radius 1 is 1.18 bits per heavy atom. The van der Waals surface area contributed by atoms with E-state index in [1.54, 1.807) is 6.07 Å². The van der Waals surface area contributed by atoms with Crippen molar-refractivity contribution in [2.24, 2.45) is 0 Å². The van der Waals surface area contributed by atoms with Gasteiger partial charge in [-0.25, -0.2) is 13.2 Å². The second kappa shape index (κ2) is 8.60. The van der Waals surface area contributed by atoms with Crippen LogP contribution in [0.1, 0.15) is 12.0 Å². The molecule has 1 N–H and O–H groups in total. The Labute approximate surface area is 193 Å². The molecule has 0 unspecified atom stereocenters. The molecule has 1 fully saturated rings. The summed E-state index contributed by atoms with van der Waals surface area (Å²) >= 11 is 0. The highest BCUT2D eigenvalue weighted by Gasteiger charge is 2.61. The average molecular weight is 470 g/mol. The van der Waals surface area contributed by atoms with Crippen LogP contribution in [0.4, 0.5) is 24.7 Å². The molecule has 3 aromatic rings. The van der Waals surface area contributed by atoms with Crippen LogP contribution in [0, 0.1) is 5.82 Å². The van der Waals surface area contributed by atoms with Gasteiger partial charge in [-0.1, -0.05) is 36.4 Å². The molecule has 0 bridgehead atoms. The topological polar surface area (TPSA) is 76.6 Å². The van der Waals surface area contributed by atoms with E-state index < -0.39 is 29.8 Å². The molecule has 176 valence electrons. The maximum absolute atomic E-state index is 14.5. The van der Waals surface area contributed by atoms with Crippen LogP contribution < -0.4 is 15.0 Å². The van der Waals surface area contributed by atoms with Crippen LogP contribution in [-0.4, -0.2) is 47.8 Å². The second-order valence-corrected chi connectivity index (χ2v) is 8.20. The predicted octanol–water partition coefficient (Wildman–Crippen LogP) is 4.04. The van der Waals surface area contributed by atoms with Crippen molar-refractivity contribution in [2.75, 3.05) is 23.9 Å². The van der Waals surface area contributed by atoms with Crippen molar-refractivity contribution in [3.8, 4) is 17.0 Å². The molecular weight excluding hydrogens is 449 g/mol. The SMILES string of the molecule is COc1c(F)cccc1-c1cc2c(nn1)NC(=O)[C@]1(C(F)F)C[C@@H](OCc3ccccc3)CN21. The number of para-hydroxylation sites is 1. The molecule has 2 atom stereocenters. The molecule has 2 aliphatic heterocycles. The number of nitrogens with zero attached hydrogens (tertiary/aromatic N) is 3. The molecule has 0 spiro atoms. The predicted molar refractivity (Wildman–Crippen MR) is 118 cm³/mol. The molecule has 7 nitrogen and oxygen atoms in total. The number of fused-ring (bicyclic) bond motifs is 3. The smallest absolute Gasteiger partial charge is 0.270 e. The standard InChI is InChI=1S/C24H21F3N4O3/c1-33-20-16(8-5-9-17(20)25)18-10-19-21(30-29-18)28-23(32)24(22(26)27)11-15(12-31(19)24)34-13-14-6-3-2-4-7-14/h2-10,15,22H,11-13H2,1H3,(H,28,30,32)/t15-,24-/m1/s1. The first-order chi connectivity index (χ1) is 16.4. The van der Waals surface area contributed by atoms with Crippen molar-refractivity contribution in [3.05, 3.63) is 66.0 Å². The number of carbonyl (C=O) groups excluding carboxylic acids is 1. The van der Waals surface area contributed by atoms with Crippen molar-refractivity contribution in [2.45, 2.75) is 31.1 Å². The number of hydrogen-bond donors (Lipinski definition) is 1. The van der Waals surface area contributed by atoms with Gasteiger partial charge in [0.1, 0.15) is 0 Å². The first kappa shape index (κ1) is 22.1. The Kier molecular flexibility index (Phi) is 5.60. The zero-order valence-electron chi connectivity index (χ0n) is 18.2. The molecule has 1 saturated heterocycles. The molecular formula is C24H21F3N4O3. The minimum Gasteiger partial charge on any atom is -0.493 e. The van der Waals surface area contributed by atoms with Crippen molar-refractivity contribution < 1.29 is 27.4 Å². The lowest BCUT2D eigenvalue weighted by molar-refractivity contribution is -0.127. The molecule has 0 aliphatic carbocycles. The highest BCUT2D eigenvalue weighted by atomic mass is 19.3. The molecule has 1 amide bonds. The van der Waals surface area contributed by atoms with Crippen LogP contribution in [0.3, 0.4) is 0 Å². The Bertz CT molecular complexity index is 1230. The Morgan fingerprint density at radius 3 is 2.71 bits per heavy atom. The van der Waals surface area contributed by atoms with Gasteiger partial charge in [0.2, 0.25) is 0 Å². The molecule has 3 heterocycles. The zero-order valence-corrected chi connectivity index (χ0v) is 18.2. The van der Waals surface area contributed by atoms with Gasteiger partial charge in [0.05, 0.1) is 31.2 Å². The molecule has 2 aliphatic rings. The number of halogens is 3.